The minimum absolute atomic E-state index is 0.665. The molecule has 188 valence electrons. The number of rotatable bonds is 3. The monoisotopic (exact) mass is 482 g/mol. The van der Waals surface area contributed by atoms with Crippen molar-refractivity contribution in [2.45, 2.75) is 63.7 Å². The van der Waals surface area contributed by atoms with Crippen LogP contribution in [0.3, 0.4) is 0 Å². The van der Waals surface area contributed by atoms with Gasteiger partial charge in [-0.15, -0.1) is 0 Å². The third-order valence-corrected chi connectivity index (χ3v) is 9.39. The summed E-state index contributed by atoms with van der Waals surface area (Å²) in [6.07, 6.45) is 21.4. The first-order valence-electron chi connectivity index (χ1n) is 13.9. The van der Waals surface area contributed by atoms with Crippen molar-refractivity contribution in [3.8, 4) is 0 Å². The van der Waals surface area contributed by atoms with Crippen LogP contribution in [0.25, 0.3) is 21.9 Å². The van der Waals surface area contributed by atoms with E-state index < -0.39 is 0 Å². The standard InChI is InChI=1S/C31H38N4O/c1-32-14-16-34(21-32)25-19-27-26-7-6-24(23-8-12-31(13-9-23)10-4-3-5-11-31)18-29(26)36-30(27)28(20-25)35-17-15-33(2)22-35/h6-7,14-20,23H,3-5,8-13,21-22H2,1-2H3. The molecular weight excluding hydrogens is 444 g/mol. The van der Waals surface area contributed by atoms with E-state index in [0.717, 1.165) is 30.2 Å². The lowest BCUT2D eigenvalue weighted by molar-refractivity contribution is 0.114. The molecule has 5 nitrogen and oxygen atoms in total. The van der Waals surface area contributed by atoms with E-state index in [1.807, 2.05) is 0 Å². The summed E-state index contributed by atoms with van der Waals surface area (Å²) in [4.78, 5) is 9.01. The SMILES string of the molecule is CN1C=CN(c2cc(N3C=CN(C)C3)c3oc4cc(C5CCC6(CCCCC6)CC5)ccc4c3c2)C1. The first kappa shape index (κ1) is 22.1. The van der Waals surface area contributed by atoms with Crippen molar-refractivity contribution >= 4 is 33.3 Å². The molecule has 3 heterocycles. The van der Waals surface area contributed by atoms with Crippen LogP contribution in [0.4, 0.5) is 11.4 Å². The minimum Gasteiger partial charge on any atom is -0.454 e. The first-order valence-corrected chi connectivity index (χ1v) is 13.9. The molecule has 4 aliphatic rings. The fourth-order valence-corrected chi connectivity index (χ4v) is 7.24. The first-order chi connectivity index (χ1) is 17.6. The Labute approximate surface area is 214 Å². The molecule has 0 saturated heterocycles. The van der Waals surface area contributed by atoms with Crippen LogP contribution in [0.15, 0.2) is 59.5 Å². The third kappa shape index (κ3) is 3.75. The van der Waals surface area contributed by atoms with Crippen molar-refractivity contribution in [1.29, 1.82) is 0 Å². The predicted molar refractivity (Wildman–Crippen MR) is 149 cm³/mol. The zero-order valence-electron chi connectivity index (χ0n) is 21.7. The van der Waals surface area contributed by atoms with E-state index in [1.54, 1.807) is 0 Å². The molecule has 36 heavy (non-hydrogen) atoms. The van der Waals surface area contributed by atoms with Crippen molar-refractivity contribution in [1.82, 2.24) is 9.80 Å². The highest BCUT2D eigenvalue weighted by Gasteiger charge is 2.36. The molecule has 0 bridgehead atoms. The summed E-state index contributed by atoms with van der Waals surface area (Å²) in [6.45, 7) is 1.70. The Morgan fingerprint density at radius 3 is 2.17 bits per heavy atom. The molecule has 2 saturated carbocycles. The van der Waals surface area contributed by atoms with Crippen LogP contribution in [-0.2, 0) is 0 Å². The van der Waals surface area contributed by atoms with Gasteiger partial charge in [-0.25, -0.2) is 0 Å². The summed E-state index contributed by atoms with van der Waals surface area (Å²) in [5.74, 6) is 0.672. The van der Waals surface area contributed by atoms with Crippen LogP contribution < -0.4 is 9.80 Å². The average molecular weight is 483 g/mol. The number of benzene rings is 2. The summed E-state index contributed by atoms with van der Waals surface area (Å²) in [7, 11) is 4.23. The maximum Gasteiger partial charge on any atom is 0.159 e. The second kappa shape index (κ2) is 8.50. The van der Waals surface area contributed by atoms with Crippen LogP contribution >= 0.6 is 0 Å². The van der Waals surface area contributed by atoms with Crippen LogP contribution in [0, 0.1) is 5.41 Å². The van der Waals surface area contributed by atoms with Gasteiger partial charge in [0.25, 0.3) is 0 Å². The molecule has 1 spiro atoms. The molecular formula is C31H38N4O. The predicted octanol–water partition coefficient (Wildman–Crippen LogP) is 7.56. The Bertz CT molecular complexity index is 1340. The van der Waals surface area contributed by atoms with Crippen molar-refractivity contribution in [3.63, 3.8) is 0 Å². The topological polar surface area (TPSA) is 26.1 Å². The molecule has 2 aromatic carbocycles. The summed E-state index contributed by atoms with van der Waals surface area (Å²) >= 11 is 0. The van der Waals surface area contributed by atoms with Gasteiger partial charge < -0.3 is 24.0 Å². The lowest BCUT2D eigenvalue weighted by Crippen LogP contribution is -2.29. The van der Waals surface area contributed by atoms with Crippen molar-refractivity contribution in [2.24, 2.45) is 5.41 Å². The quantitative estimate of drug-likeness (QED) is 0.384. The van der Waals surface area contributed by atoms with E-state index >= 15 is 0 Å². The highest BCUT2D eigenvalue weighted by Crippen LogP contribution is 2.51. The average Bonchev–Trinajstić information content (AvgIpc) is 3.62. The van der Waals surface area contributed by atoms with Crippen LogP contribution in [0.1, 0.15) is 69.3 Å². The molecule has 0 atom stereocenters. The fourth-order valence-electron chi connectivity index (χ4n) is 7.24. The van der Waals surface area contributed by atoms with E-state index in [4.69, 9.17) is 4.42 Å². The maximum atomic E-state index is 6.67. The summed E-state index contributed by atoms with van der Waals surface area (Å²) in [5, 5.41) is 2.43. The number of anilines is 2. The smallest absolute Gasteiger partial charge is 0.159 e. The lowest BCUT2D eigenvalue weighted by Gasteiger charge is -2.43. The Balaban J connectivity index is 1.25. The molecule has 0 radical (unpaired) electrons. The van der Waals surface area contributed by atoms with E-state index in [0.29, 0.717) is 11.3 Å². The molecule has 1 aromatic heterocycles. The zero-order valence-corrected chi connectivity index (χ0v) is 21.7. The fraction of sp³-hybridized carbons (Fsp3) is 0.484. The number of hydrogen-bond donors (Lipinski definition) is 0. The second-order valence-electron chi connectivity index (χ2n) is 11.9. The van der Waals surface area contributed by atoms with Gasteiger partial charge in [0.05, 0.1) is 19.0 Å². The van der Waals surface area contributed by atoms with Crippen molar-refractivity contribution in [2.75, 3.05) is 37.2 Å². The van der Waals surface area contributed by atoms with E-state index in [9.17, 15) is 0 Å². The largest absolute Gasteiger partial charge is 0.454 e. The van der Waals surface area contributed by atoms with Gasteiger partial charge in [-0.05, 0) is 73.6 Å². The Morgan fingerprint density at radius 1 is 0.750 bits per heavy atom. The van der Waals surface area contributed by atoms with Gasteiger partial charge in [-0.2, -0.15) is 0 Å². The van der Waals surface area contributed by atoms with E-state index in [1.165, 1.54) is 79.8 Å². The summed E-state index contributed by atoms with van der Waals surface area (Å²) < 4.78 is 6.67. The van der Waals surface area contributed by atoms with E-state index in [2.05, 4.69) is 88.8 Å². The maximum absolute atomic E-state index is 6.67. The van der Waals surface area contributed by atoms with Gasteiger partial charge in [-0.1, -0.05) is 31.4 Å². The van der Waals surface area contributed by atoms with E-state index in [-0.39, 0.29) is 0 Å². The van der Waals surface area contributed by atoms with Gasteiger partial charge >= 0.3 is 0 Å². The number of furan rings is 1. The molecule has 3 aromatic rings. The summed E-state index contributed by atoms with van der Waals surface area (Å²) in [6, 6.07) is 11.7. The normalized spacial score (nSPS) is 22.3. The van der Waals surface area contributed by atoms with Gasteiger partial charge in [-0.3, -0.25) is 0 Å². The molecule has 2 aliphatic heterocycles. The van der Waals surface area contributed by atoms with Crippen molar-refractivity contribution < 1.29 is 4.42 Å². The highest BCUT2D eigenvalue weighted by molar-refractivity contribution is 6.10. The molecule has 2 fully saturated rings. The van der Waals surface area contributed by atoms with Crippen LogP contribution in [-0.4, -0.2) is 37.2 Å². The van der Waals surface area contributed by atoms with Gasteiger partial charge in [0.2, 0.25) is 0 Å². The van der Waals surface area contributed by atoms with Gasteiger partial charge in [0.15, 0.2) is 5.58 Å². The Morgan fingerprint density at radius 2 is 1.47 bits per heavy atom. The second-order valence-corrected chi connectivity index (χ2v) is 11.9. The Hall–Kier alpha value is -3.08. The lowest BCUT2D eigenvalue weighted by atomic mass is 9.62. The number of hydrogen-bond acceptors (Lipinski definition) is 5. The van der Waals surface area contributed by atoms with Gasteiger partial charge in [0, 0.05) is 55.4 Å². The molecule has 7 rings (SSSR count). The van der Waals surface area contributed by atoms with Crippen molar-refractivity contribution in [3.05, 3.63) is 60.7 Å². The molecule has 0 amide bonds. The highest BCUT2D eigenvalue weighted by atomic mass is 16.3. The number of nitrogens with zero attached hydrogens (tertiary/aromatic N) is 4. The summed E-state index contributed by atoms with van der Waals surface area (Å²) in [5.41, 5.74) is 6.51. The Kier molecular flexibility index (Phi) is 5.23. The number of fused-ring (bicyclic) bond motifs is 3. The third-order valence-electron chi connectivity index (χ3n) is 9.39. The molecule has 0 N–H and O–H groups in total. The minimum atomic E-state index is 0.665. The molecule has 5 heteroatoms. The van der Waals surface area contributed by atoms with Gasteiger partial charge in [0.1, 0.15) is 5.58 Å². The zero-order chi connectivity index (χ0) is 24.3. The van der Waals surface area contributed by atoms with Crippen LogP contribution in [0.5, 0.6) is 0 Å². The molecule has 0 unspecified atom stereocenters. The van der Waals surface area contributed by atoms with Crippen LogP contribution in [0.2, 0.25) is 0 Å². The molecule has 2 aliphatic carbocycles.